The van der Waals surface area contributed by atoms with E-state index >= 15 is 0 Å². The van der Waals surface area contributed by atoms with Crippen LogP contribution in [0.1, 0.15) is 36.0 Å². The number of aromatic nitrogens is 1. The average molecular weight is 246 g/mol. The Morgan fingerprint density at radius 1 is 1.41 bits per heavy atom. The van der Waals surface area contributed by atoms with Crippen LogP contribution in [-0.4, -0.2) is 4.98 Å². The van der Waals surface area contributed by atoms with Gasteiger partial charge in [0.15, 0.2) is 0 Å². The molecule has 0 spiro atoms. The van der Waals surface area contributed by atoms with Crippen molar-refractivity contribution >= 4 is 17.0 Å². The summed E-state index contributed by atoms with van der Waals surface area (Å²) in [6, 6.07) is 6.72. The number of nitrogens with zero attached hydrogens (tertiary/aromatic N) is 1. The highest BCUT2D eigenvalue weighted by Gasteiger charge is 2.11. The number of para-hydroxylation sites is 1. The fourth-order valence-electron chi connectivity index (χ4n) is 1.96. The quantitative estimate of drug-likeness (QED) is 0.875. The molecule has 0 amide bonds. The zero-order valence-corrected chi connectivity index (χ0v) is 11.3. The maximum absolute atomic E-state index is 4.35. The van der Waals surface area contributed by atoms with Crippen LogP contribution in [-0.2, 0) is 6.42 Å². The number of benzene rings is 1. The molecule has 2 rings (SSSR count). The highest BCUT2D eigenvalue weighted by Crippen LogP contribution is 2.26. The molecule has 1 aromatic carbocycles. The molecule has 0 aliphatic rings. The number of thiazole rings is 1. The van der Waals surface area contributed by atoms with E-state index in [0.717, 1.165) is 11.4 Å². The third-order valence-electron chi connectivity index (χ3n) is 2.92. The van der Waals surface area contributed by atoms with Gasteiger partial charge in [-0.15, -0.1) is 11.3 Å². The van der Waals surface area contributed by atoms with Crippen molar-refractivity contribution in [2.75, 3.05) is 5.32 Å². The van der Waals surface area contributed by atoms with Gasteiger partial charge in [-0.3, -0.25) is 0 Å². The second-order valence-electron chi connectivity index (χ2n) is 4.20. The first-order chi connectivity index (χ1) is 8.22. The lowest BCUT2D eigenvalue weighted by atomic mass is 10.1. The van der Waals surface area contributed by atoms with Crippen molar-refractivity contribution < 1.29 is 0 Å². The second kappa shape index (κ2) is 5.32. The number of hydrogen-bond donors (Lipinski definition) is 1. The molecule has 1 atom stereocenters. The van der Waals surface area contributed by atoms with Gasteiger partial charge in [0.1, 0.15) is 5.01 Å². The van der Waals surface area contributed by atoms with E-state index in [2.05, 4.69) is 49.3 Å². The van der Waals surface area contributed by atoms with Crippen LogP contribution in [0.5, 0.6) is 0 Å². The zero-order chi connectivity index (χ0) is 12.3. The largest absolute Gasteiger partial charge is 0.376 e. The van der Waals surface area contributed by atoms with E-state index in [1.54, 1.807) is 11.3 Å². The summed E-state index contributed by atoms with van der Waals surface area (Å²) in [7, 11) is 0. The predicted molar refractivity (Wildman–Crippen MR) is 74.7 cm³/mol. The van der Waals surface area contributed by atoms with Crippen LogP contribution in [0.15, 0.2) is 29.8 Å². The van der Waals surface area contributed by atoms with E-state index in [4.69, 9.17) is 0 Å². The van der Waals surface area contributed by atoms with Crippen molar-refractivity contribution in [3.63, 3.8) is 0 Å². The maximum Gasteiger partial charge on any atom is 0.115 e. The molecule has 0 aliphatic carbocycles. The Bertz CT molecular complexity index is 477. The number of aryl methyl sites for hydroxylation is 2. The molecule has 2 nitrogen and oxygen atoms in total. The molecular formula is C14H18N2S. The number of rotatable bonds is 4. The summed E-state index contributed by atoms with van der Waals surface area (Å²) in [5.74, 6) is 0. The van der Waals surface area contributed by atoms with Gasteiger partial charge in [0.05, 0.1) is 6.04 Å². The lowest BCUT2D eigenvalue weighted by Crippen LogP contribution is -2.09. The van der Waals surface area contributed by atoms with Crippen LogP contribution in [0, 0.1) is 6.92 Å². The second-order valence-corrected chi connectivity index (χ2v) is 5.13. The van der Waals surface area contributed by atoms with Crippen LogP contribution in [0.2, 0.25) is 0 Å². The van der Waals surface area contributed by atoms with E-state index in [1.807, 2.05) is 11.6 Å². The highest BCUT2D eigenvalue weighted by molar-refractivity contribution is 7.09. The summed E-state index contributed by atoms with van der Waals surface area (Å²) in [4.78, 5) is 4.35. The van der Waals surface area contributed by atoms with Gasteiger partial charge in [0, 0.05) is 17.3 Å². The van der Waals surface area contributed by atoms with E-state index in [1.165, 1.54) is 16.8 Å². The van der Waals surface area contributed by atoms with Crippen LogP contribution in [0.4, 0.5) is 5.69 Å². The minimum absolute atomic E-state index is 0.265. The summed E-state index contributed by atoms with van der Waals surface area (Å²) in [6.07, 6.45) is 2.91. The minimum Gasteiger partial charge on any atom is -0.376 e. The third kappa shape index (κ3) is 2.67. The topological polar surface area (TPSA) is 24.9 Å². The molecule has 0 fully saturated rings. The lowest BCUT2D eigenvalue weighted by Gasteiger charge is -2.18. The van der Waals surface area contributed by atoms with E-state index in [-0.39, 0.29) is 6.04 Å². The Labute approximate surface area is 107 Å². The maximum atomic E-state index is 4.35. The Morgan fingerprint density at radius 3 is 2.88 bits per heavy atom. The van der Waals surface area contributed by atoms with Crippen molar-refractivity contribution in [1.82, 2.24) is 4.98 Å². The van der Waals surface area contributed by atoms with E-state index < -0.39 is 0 Å². The zero-order valence-electron chi connectivity index (χ0n) is 10.5. The predicted octanol–water partition coefficient (Wildman–Crippen LogP) is 4.19. The Balaban J connectivity index is 2.24. The molecule has 3 heteroatoms. The van der Waals surface area contributed by atoms with Crippen molar-refractivity contribution in [2.24, 2.45) is 0 Å². The normalized spacial score (nSPS) is 12.4. The molecule has 0 saturated carbocycles. The summed E-state index contributed by atoms with van der Waals surface area (Å²) < 4.78 is 0. The third-order valence-corrected chi connectivity index (χ3v) is 3.88. The SMILES string of the molecule is CCc1cccc(C)c1NC(C)c1nccs1. The number of hydrogen-bond acceptors (Lipinski definition) is 3. The fourth-order valence-corrected chi connectivity index (χ4v) is 2.60. The van der Waals surface area contributed by atoms with Crippen molar-refractivity contribution in [1.29, 1.82) is 0 Å². The first-order valence-corrected chi connectivity index (χ1v) is 6.84. The lowest BCUT2D eigenvalue weighted by molar-refractivity contribution is 0.863. The summed E-state index contributed by atoms with van der Waals surface area (Å²) >= 11 is 1.70. The fraction of sp³-hybridized carbons (Fsp3) is 0.357. The van der Waals surface area contributed by atoms with Gasteiger partial charge in [-0.25, -0.2) is 4.98 Å². The van der Waals surface area contributed by atoms with E-state index in [9.17, 15) is 0 Å². The van der Waals surface area contributed by atoms with Gasteiger partial charge < -0.3 is 5.32 Å². The van der Waals surface area contributed by atoms with Crippen molar-refractivity contribution in [3.8, 4) is 0 Å². The Morgan fingerprint density at radius 2 is 2.24 bits per heavy atom. The molecule has 0 radical (unpaired) electrons. The van der Waals surface area contributed by atoms with Crippen molar-refractivity contribution in [3.05, 3.63) is 45.9 Å². The standard InChI is InChI=1S/C14H18N2S/c1-4-12-7-5-6-10(2)13(12)16-11(3)14-15-8-9-17-14/h5-9,11,16H,4H2,1-3H3. The van der Waals surface area contributed by atoms with E-state index in [0.29, 0.717) is 0 Å². The molecule has 1 aromatic heterocycles. The molecule has 2 aromatic rings. The van der Waals surface area contributed by atoms with Gasteiger partial charge in [-0.1, -0.05) is 25.1 Å². The molecule has 1 unspecified atom stereocenters. The monoisotopic (exact) mass is 246 g/mol. The first-order valence-electron chi connectivity index (χ1n) is 5.96. The Hall–Kier alpha value is -1.35. The van der Waals surface area contributed by atoms with Gasteiger partial charge in [0.25, 0.3) is 0 Å². The van der Waals surface area contributed by atoms with Gasteiger partial charge in [-0.05, 0) is 31.4 Å². The Kier molecular flexibility index (Phi) is 3.79. The molecule has 0 saturated heterocycles. The molecule has 0 aliphatic heterocycles. The number of nitrogens with one attached hydrogen (secondary N) is 1. The van der Waals surface area contributed by atoms with Crippen LogP contribution in [0.25, 0.3) is 0 Å². The average Bonchev–Trinajstić information content (AvgIpc) is 2.85. The van der Waals surface area contributed by atoms with Crippen LogP contribution in [0.3, 0.4) is 0 Å². The van der Waals surface area contributed by atoms with Gasteiger partial charge in [0.2, 0.25) is 0 Å². The summed E-state index contributed by atoms with van der Waals surface area (Å²) in [5, 5.41) is 6.73. The summed E-state index contributed by atoms with van der Waals surface area (Å²) in [6.45, 7) is 6.49. The molecule has 90 valence electrons. The highest BCUT2D eigenvalue weighted by atomic mass is 32.1. The molecule has 0 bridgehead atoms. The van der Waals surface area contributed by atoms with Crippen LogP contribution >= 0.6 is 11.3 Å². The van der Waals surface area contributed by atoms with Crippen LogP contribution < -0.4 is 5.32 Å². The van der Waals surface area contributed by atoms with Crippen molar-refractivity contribution in [2.45, 2.75) is 33.2 Å². The van der Waals surface area contributed by atoms with Gasteiger partial charge >= 0.3 is 0 Å². The summed E-state index contributed by atoms with van der Waals surface area (Å²) in [5.41, 5.74) is 3.93. The molecule has 1 heterocycles. The smallest absolute Gasteiger partial charge is 0.115 e. The number of anilines is 1. The molecule has 1 N–H and O–H groups in total. The minimum atomic E-state index is 0.265. The van der Waals surface area contributed by atoms with Gasteiger partial charge in [-0.2, -0.15) is 0 Å². The molecule has 17 heavy (non-hydrogen) atoms. The molecular weight excluding hydrogens is 228 g/mol. The first kappa shape index (κ1) is 12.1.